The monoisotopic (exact) mass is 535 g/mol. The van der Waals surface area contributed by atoms with E-state index in [4.69, 9.17) is 29.0 Å². The highest BCUT2D eigenvalue weighted by Gasteiger charge is 2.39. The molecule has 1 unspecified atom stereocenters. The van der Waals surface area contributed by atoms with E-state index in [0.717, 1.165) is 24.3 Å². The van der Waals surface area contributed by atoms with E-state index in [1.807, 2.05) is 0 Å². The number of halogens is 4. The maximum atomic E-state index is 12.9. The van der Waals surface area contributed by atoms with Crippen LogP contribution >= 0.6 is 23.2 Å². The number of hydrazine groups is 1. The average Bonchev–Trinajstić information content (AvgIpc) is 3.24. The molecule has 0 spiro atoms. The molecule has 0 aromatic heterocycles. The number of nitrogens with one attached hydrogen (secondary N) is 1. The number of hydrazone groups is 1. The van der Waals surface area contributed by atoms with E-state index in [-0.39, 0.29) is 35.8 Å². The minimum atomic E-state index is -3.00. The number of nitrogens with two attached hydrogens (primary N) is 1. The normalized spacial score (nSPS) is 17.9. The van der Waals surface area contributed by atoms with Gasteiger partial charge in [-0.2, -0.15) is 19.1 Å². The van der Waals surface area contributed by atoms with Crippen molar-refractivity contribution in [2.45, 2.75) is 31.9 Å². The first kappa shape index (κ1) is 25.6. The van der Waals surface area contributed by atoms with Crippen molar-refractivity contribution < 1.29 is 18.3 Å². The van der Waals surface area contributed by atoms with Gasteiger partial charge in [0.05, 0.1) is 28.0 Å². The number of carbonyl (C=O) groups excluding carboxylic acids is 1. The number of hydrogen-bond donors (Lipinski definition) is 2. The van der Waals surface area contributed by atoms with Gasteiger partial charge >= 0.3 is 6.61 Å². The van der Waals surface area contributed by atoms with Crippen LogP contribution in [0.4, 0.5) is 14.5 Å². The number of alkyl halides is 2. The van der Waals surface area contributed by atoms with Gasteiger partial charge in [-0.1, -0.05) is 41.8 Å². The molecule has 0 saturated heterocycles. The van der Waals surface area contributed by atoms with E-state index in [1.165, 1.54) is 23.2 Å². The third kappa shape index (κ3) is 5.67. The first-order chi connectivity index (χ1) is 17.3. The molecule has 2 aromatic carbocycles. The van der Waals surface area contributed by atoms with Gasteiger partial charge in [-0.05, 0) is 37.1 Å². The highest BCUT2D eigenvalue weighted by molar-refractivity contribution is 6.42. The summed E-state index contributed by atoms with van der Waals surface area (Å²) in [6, 6.07) is 9.90. The molecule has 1 atom stereocenters. The Bertz CT molecular complexity index is 1250. The second kappa shape index (κ2) is 11.1. The summed E-state index contributed by atoms with van der Waals surface area (Å²) in [6.07, 6.45) is 4.29. The molecule has 13 heteroatoms. The Hall–Kier alpha value is -3.46. The van der Waals surface area contributed by atoms with E-state index in [1.54, 1.807) is 30.5 Å². The number of aliphatic imine (C=N–C) groups is 1. The van der Waals surface area contributed by atoms with Crippen LogP contribution in [0.5, 0.6) is 5.75 Å². The Kier molecular flexibility index (Phi) is 7.88. The van der Waals surface area contributed by atoms with E-state index >= 15 is 0 Å². The van der Waals surface area contributed by atoms with Gasteiger partial charge < -0.3 is 4.74 Å². The Labute approximate surface area is 215 Å². The van der Waals surface area contributed by atoms with Crippen LogP contribution in [0.1, 0.15) is 24.8 Å². The molecule has 188 valence electrons. The number of ether oxygens (including phenoxy) is 1. The van der Waals surface area contributed by atoms with Gasteiger partial charge in [-0.15, -0.1) is 0 Å². The number of nitrogens with zero attached hydrogens (tertiary/aromatic N) is 5. The molecule has 1 aliphatic carbocycles. The summed E-state index contributed by atoms with van der Waals surface area (Å²) in [5.41, 5.74) is 1.24. The molecule has 0 bridgehead atoms. The predicted octanol–water partition coefficient (Wildman–Crippen LogP) is 4.24. The first-order valence-corrected chi connectivity index (χ1v) is 11.7. The van der Waals surface area contributed by atoms with E-state index in [9.17, 15) is 18.8 Å². The zero-order valence-corrected chi connectivity index (χ0v) is 20.3. The Morgan fingerprint density at radius 3 is 2.69 bits per heavy atom. The molecule has 36 heavy (non-hydrogen) atoms. The predicted molar refractivity (Wildman–Crippen MR) is 131 cm³/mol. The van der Waals surface area contributed by atoms with E-state index in [2.05, 4.69) is 20.1 Å². The molecular weight excluding hydrogens is 515 g/mol. The van der Waals surface area contributed by atoms with Crippen LogP contribution in [0.3, 0.4) is 0 Å². The summed E-state index contributed by atoms with van der Waals surface area (Å²) in [5, 5.41) is 19.5. The summed E-state index contributed by atoms with van der Waals surface area (Å²) < 4.78 is 29.6. The fourth-order valence-electron chi connectivity index (χ4n) is 3.82. The molecule has 4 rings (SSSR count). The summed E-state index contributed by atoms with van der Waals surface area (Å²) in [5.74, 6) is 5.83. The molecule has 1 saturated carbocycles. The summed E-state index contributed by atoms with van der Waals surface area (Å²) in [7, 11) is 0. The van der Waals surface area contributed by atoms with Crippen LogP contribution in [0.2, 0.25) is 10.0 Å². The maximum Gasteiger partial charge on any atom is 0.387 e. The third-order valence-corrected chi connectivity index (χ3v) is 6.58. The van der Waals surface area contributed by atoms with Gasteiger partial charge in [0.2, 0.25) is 11.9 Å². The molecule has 2 aliphatic rings. The van der Waals surface area contributed by atoms with Crippen LogP contribution in [0, 0.1) is 17.4 Å². The van der Waals surface area contributed by atoms with Crippen LogP contribution in [-0.4, -0.2) is 46.8 Å². The van der Waals surface area contributed by atoms with E-state index < -0.39 is 12.7 Å². The zero-order chi connectivity index (χ0) is 25.8. The van der Waals surface area contributed by atoms with Crippen molar-refractivity contribution in [2.24, 2.45) is 21.9 Å². The number of guanidine groups is 1. The van der Waals surface area contributed by atoms with Gasteiger partial charge in [0, 0.05) is 17.5 Å². The van der Waals surface area contributed by atoms with Crippen molar-refractivity contribution in [3.63, 3.8) is 0 Å². The topological polar surface area (TPSA) is 119 Å². The standard InChI is InChI=1S/C23H21Cl2F2N7O2/c24-17-8-7-14(9-18(17)25)20-19(34(29)21(35)13-3-1-4-13)11-33(32-20)23(30-12-28)31-15-5-2-6-16(10-15)36-22(26)27/h2,5-10,13,19,22H,1,3-4,11,29H2,(H,30,31). The summed E-state index contributed by atoms with van der Waals surface area (Å²) >= 11 is 12.3. The van der Waals surface area contributed by atoms with E-state index in [0.29, 0.717) is 21.3 Å². The van der Waals surface area contributed by atoms with Gasteiger partial charge in [0.25, 0.3) is 0 Å². The number of amides is 1. The minimum Gasteiger partial charge on any atom is -0.435 e. The van der Waals surface area contributed by atoms with Crippen LogP contribution in [0.25, 0.3) is 0 Å². The van der Waals surface area contributed by atoms with Crippen molar-refractivity contribution in [1.29, 1.82) is 5.26 Å². The first-order valence-electron chi connectivity index (χ1n) is 10.9. The molecule has 1 heterocycles. The van der Waals surface area contributed by atoms with Crippen molar-refractivity contribution in [3.05, 3.63) is 58.1 Å². The molecule has 1 amide bonds. The highest BCUT2D eigenvalue weighted by Crippen LogP contribution is 2.31. The third-order valence-electron chi connectivity index (χ3n) is 5.84. The number of nitriles is 1. The fourth-order valence-corrected chi connectivity index (χ4v) is 4.12. The second-order valence-corrected chi connectivity index (χ2v) is 8.95. The van der Waals surface area contributed by atoms with Gasteiger partial charge in [0.15, 0.2) is 6.19 Å². The van der Waals surface area contributed by atoms with Gasteiger partial charge in [0.1, 0.15) is 11.8 Å². The number of carbonyl (C=O) groups is 1. The second-order valence-electron chi connectivity index (χ2n) is 8.13. The Morgan fingerprint density at radius 2 is 2.06 bits per heavy atom. The van der Waals surface area contributed by atoms with Crippen molar-refractivity contribution in [3.8, 4) is 11.9 Å². The molecule has 0 radical (unpaired) electrons. The number of benzene rings is 2. The van der Waals surface area contributed by atoms with Crippen LogP contribution < -0.4 is 15.9 Å². The lowest BCUT2D eigenvalue weighted by Crippen LogP contribution is -2.54. The van der Waals surface area contributed by atoms with Gasteiger partial charge in [-0.3, -0.25) is 15.1 Å². The Morgan fingerprint density at radius 1 is 1.28 bits per heavy atom. The molecule has 9 nitrogen and oxygen atoms in total. The Balaban J connectivity index is 1.69. The maximum absolute atomic E-state index is 12.9. The van der Waals surface area contributed by atoms with Crippen molar-refractivity contribution >= 4 is 46.5 Å². The summed E-state index contributed by atoms with van der Waals surface area (Å²) in [6.45, 7) is -2.92. The molecule has 3 N–H and O–H groups in total. The quantitative estimate of drug-likeness (QED) is 0.108. The number of hydrogen-bond acceptors (Lipinski definition) is 6. The van der Waals surface area contributed by atoms with Crippen LogP contribution in [0.15, 0.2) is 52.6 Å². The van der Waals surface area contributed by atoms with Crippen LogP contribution in [-0.2, 0) is 4.79 Å². The zero-order valence-electron chi connectivity index (χ0n) is 18.7. The van der Waals surface area contributed by atoms with Crippen molar-refractivity contribution in [2.75, 3.05) is 6.54 Å². The highest BCUT2D eigenvalue weighted by atomic mass is 35.5. The largest absolute Gasteiger partial charge is 0.435 e. The average molecular weight is 536 g/mol. The lowest BCUT2D eigenvalue weighted by atomic mass is 9.84. The molecule has 1 aliphatic heterocycles. The smallest absolute Gasteiger partial charge is 0.387 e. The molecule has 1 fully saturated rings. The molecule has 2 aromatic rings. The molecular formula is C23H21Cl2F2N7O2. The fraction of sp³-hybridized carbons (Fsp3) is 0.304. The van der Waals surface area contributed by atoms with Crippen molar-refractivity contribution in [1.82, 2.24) is 15.3 Å². The van der Waals surface area contributed by atoms with Gasteiger partial charge in [-0.25, -0.2) is 15.8 Å². The minimum absolute atomic E-state index is 0.00347. The lowest BCUT2D eigenvalue weighted by molar-refractivity contribution is -0.139. The number of rotatable bonds is 6. The summed E-state index contributed by atoms with van der Waals surface area (Å²) in [4.78, 5) is 17.3. The SMILES string of the molecule is N#CNC(=Nc1cccc(OC(F)F)c1)N1CC(N(N)C(=O)C2CCC2)C(c2ccc(Cl)c(Cl)c2)=N1. The lowest BCUT2D eigenvalue weighted by Gasteiger charge is -2.32.